The fourth-order valence-corrected chi connectivity index (χ4v) is 3.37. The van der Waals surface area contributed by atoms with Crippen molar-refractivity contribution >= 4 is 5.91 Å². The lowest BCUT2D eigenvalue weighted by Crippen LogP contribution is -2.57. The molecule has 1 amide bonds. The quantitative estimate of drug-likeness (QED) is 0.796. The van der Waals surface area contributed by atoms with E-state index in [9.17, 15) is 4.79 Å². The van der Waals surface area contributed by atoms with Gasteiger partial charge in [-0.2, -0.15) is 0 Å². The molecule has 1 aliphatic rings. The molecule has 0 saturated carbocycles. The van der Waals surface area contributed by atoms with Crippen LogP contribution in [0.25, 0.3) is 0 Å². The van der Waals surface area contributed by atoms with Gasteiger partial charge in [0.1, 0.15) is 0 Å². The summed E-state index contributed by atoms with van der Waals surface area (Å²) in [6, 6.07) is 9.36. The van der Waals surface area contributed by atoms with Crippen molar-refractivity contribution in [3.05, 3.63) is 48.0 Å². The second-order valence-corrected chi connectivity index (χ2v) is 6.74. The van der Waals surface area contributed by atoms with Gasteiger partial charge in [0.25, 0.3) is 0 Å². The van der Waals surface area contributed by atoms with E-state index in [1.807, 2.05) is 4.90 Å². The van der Waals surface area contributed by atoms with Crippen LogP contribution in [0.3, 0.4) is 0 Å². The van der Waals surface area contributed by atoms with Crippen LogP contribution in [0.5, 0.6) is 0 Å². The first kappa shape index (κ1) is 16.8. The van der Waals surface area contributed by atoms with Gasteiger partial charge in [-0.15, -0.1) is 0 Å². The second-order valence-electron chi connectivity index (χ2n) is 6.74. The normalized spacial score (nSPS) is 22.9. The summed E-state index contributed by atoms with van der Waals surface area (Å²) >= 11 is 0. The van der Waals surface area contributed by atoms with E-state index in [1.54, 1.807) is 0 Å². The Bertz CT molecular complexity index is 509. The van der Waals surface area contributed by atoms with E-state index in [-0.39, 0.29) is 18.0 Å². The molecular formula is C19H28N2O. The number of piperazine rings is 1. The molecule has 120 valence electrons. The van der Waals surface area contributed by atoms with Crippen LogP contribution < -0.4 is 0 Å². The number of nitrogens with zero attached hydrogens (tertiary/aromatic N) is 2. The highest BCUT2D eigenvalue weighted by Gasteiger charge is 2.31. The van der Waals surface area contributed by atoms with Crippen LogP contribution in [-0.2, 0) is 11.3 Å². The van der Waals surface area contributed by atoms with Gasteiger partial charge in [0.2, 0.25) is 5.91 Å². The molecule has 1 aromatic rings. The number of benzene rings is 1. The third-order valence-electron chi connectivity index (χ3n) is 4.48. The number of carbonyl (C=O) groups is 1. The lowest BCUT2D eigenvalue weighted by atomic mass is 10.0. The zero-order chi connectivity index (χ0) is 16.3. The smallest absolute Gasteiger partial charge is 0.246 e. The molecule has 0 aliphatic carbocycles. The molecule has 22 heavy (non-hydrogen) atoms. The van der Waals surface area contributed by atoms with Crippen LogP contribution in [0.15, 0.2) is 36.9 Å². The number of hydrogen-bond acceptors (Lipinski definition) is 2. The summed E-state index contributed by atoms with van der Waals surface area (Å²) in [5, 5.41) is 0. The molecule has 1 heterocycles. The monoisotopic (exact) mass is 300 g/mol. The number of carbonyl (C=O) groups excluding carboxylic acids is 1. The molecule has 2 rings (SSSR count). The number of rotatable bonds is 4. The van der Waals surface area contributed by atoms with Gasteiger partial charge in [0.15, 0.2) is 0 Å². The molecule has 0 spiro atoms. The van der Waals surface area contributed by atoms with E-state index in [0.29, 0.717) is 5.92 Å². The molecule has 0 radical (unpaired) electrons. The first-order valence-corrected chi connectivity index (χ1v) is 8.18. The van der Waals surface area contributed by atoms with Crippen molar-refractivity contribution < 1.29 is 4.79 Å². The van der Waals surface area contributed by atoms with E-state index in [2.05, 4.69) is 63.4 Å². The van der Waals surface area contributed by atoms with Crippen molar-refractivity contribution in [1.29, 1.82) is 0 Å². The Labute approximate surface area is 134 Å². The van der Waals surface area contributed by atoms with E-state index in [4.69, 9.17) is 0 Å². The topological polar surface area (TPSA) is 23.6 Å². The first-order chi connectivity index (χ1) is 10.4. The lowest BCUT2D eigenvalue weighted by Gasteiger charge is -2.44. The highest BCUT2D eigenvalue weighted by Crippen LogP contribution is 2.20. The maximum absolute atomic E-state index is 11.9. The van der Waals surface area contributed by atoms with Gasteiger partial charge in [-0.05, 0) is 37.0 Å². The van der Waals surface area contributed by atoms with Crippen molar-refractivity contribution in [2.75, 3.05) is 13.1 Å². The summed E-state index contributed by atoms with van der Waals surface area (Å²) in [5.41, 5.74) is 2.72. The van der Waals surface area contributed by atoms with Gasteiger partial charge in [0, 0.05) is 31.7 Å². The minimum Gasteiger partial charge on any atom is -0.331 e. The van der Waals surface area contributed by atoms with Crippen LogP contribution in [0.4, 0.5) is 0 Å². The van der Waals surface area contributed by atoms with Crippen LogP contribution in [0.1, 0.15) is 44.7 Å². The molecular weight excluding hydrogens is 272 g/mol. The summed E-state index contributed by atoms with van der Waals surface area (Å²) in [5.74, 6) is 0.614. The molecule has 0 aromatic heterocycles. The maximum atomic E-state index is 11.9. The Hall–Kier alpha value is -1.61. The van der Waals surface area contributed by atoms with E-state index in [1.165, 1.54) is 17.2 Å². The van der Waals surface area contributed by atoms with Gasteiger partial charge in [-0.25, -0.2) is 0 Å². The Morgan fingerprint density at radius 1 is 1.23 bits per heavy atom. The highest BCUT2D eigenvalue weighted by molar-refractivity contribution is 5.87. The van der Waals surface area contributed by atoms with E-state index in [0.717, 1.165) is 19.6 Å². The number of amides is 1. The summed E-state index contributed by atoms with van der Waals surface area (Å²) in [7, 11) is 0. The molecule has 1 fully saturated rings. The molecule has 0 bridgehead atoms. The summed E-state index contributed by atoms with van der Waals surface area (Å²) in [4.78, 5) is 16.3. The van der Waals surface area contributed by atoms with Gasteiger partial charge in [-0.3, -0.25) is 9.69 Å². The average molecular weight is 300 g/mol. The standard InChI is InChI=1S/C19H28N2O/c1-6-19(22)21-15(4)11-20(12-16(21)5)13-17-7-9-18(10-8-17)14(2)3/h6-10,14-16H,1,11-13H2,2-5H3/t15-,16+. The van der Waals surface area contributed by atoms with Crippen LogP contribution >= 0.6 is 0 Å². The highest BCUT2D eigenvalue weighted by atomic mass is 16.2. The molecule has 0 N–H and O–H groups in total. The van der Waals surface area contributed by atoms with Crippen LogP contribution in [0.2, 0.25) is 0 Å². The minimum atomic E-state index is 0.0425. The lowest BCUT2D eigenvalue weighted by molar-refractivity contribution is -0.133. The van der Waals surface area contributed by atoms with Crippen molar-refractivity contribution in [2.45, 2.75) is 52.2 Å². The molecule has 2 atom stereocenters. The van der Waals surface area contributed by atoms with Crippen molar-refractivity contribution in [3.8, 4) is 0 Å². The van der Waals surface area contributed by atoms with Gasteiger partial charge < -0.3 is 4.90 Å². The summed E-state index contributed by atoms with van der Waals surface area (Å²) in [6.07, 6.45) is 1.42. The molecule has 1 aliphatic heterocycles. The molecule has 3 heteroatoms. The summed E-state index contributed by atoms with van der Waals surface area (Å²) < 4.78 is 0. The predicted octanol–water partition coefficient (Wildman–Crippen LogP) is 3.42. The Kier molecular flexibility index (Phi) is 5.41. The molecule has 0 unspecified atom stereocenters. The predicted molar refractivity (Wildman–Crippen MR) is 91.8 cm³/mol. The van der Waals surface area contributed by atoms with E-state index < -0.39 is 0 Å². The Morgan fingerprint density at radius 3 is 2.23 bits per heavy atom. The third-order valence-corrected chi connectivity index (χ3v) is 4.48. The van der Waals surface area contributed by atoms with Gasteiger partial charge in [0.05, 0.1) is 0 Å². The molecule has 1 saturated heterocycles. The SMILES string of the molecule is C=CC(=O)N1[C@H](C)CN(Cc2ccc(C(C)C)cc2)C[C@@H]1C. The first-order valence-electron chi connectivity index (χ1n) is 8.18. The maximum Gasteiger partial charge on any atom is 0.246 e. The van der Waals surface area contributed by atoms with Gasteiger partial charge in [-0.1, -0.05) is 44.7 Å². The minimum absolute atomic E-state index is 0.0425. The zero-order valence-corrected chi connectivity index (χ0v) is 14.2. The van der Waals surface area contributed by atoms with Crippen LogP contribution in [0, 0.1) is 0 Å². The fraction of sp³-hybridized carbons (Fsp3) is 0.526. The second kappa shape index (κ2) is 7.10. The van der Waals surface area contributed by atoms with Crippen molar-refractivity contribution in [3.63, 3.8) is 0 Å². The third kappa shape index (κ3) is 3.77. The average Bonchev–Trinajstić information content (AvgIpc) is 2.46. The fourth-order valence-electron chi connectivity index (χ4n) is 3.37. The van der Waals surface area contributed by atoms with Crippen molar-refractivity contribution in [2.24, 2.45) is 0 Å². The van der Waals surface area contributed by atoms with E-state index >= 15 is 0 Å². The Balaban J connectivity index is 2.00. The zero-order valence-electron chi connectivity index (χ0n) is 14.2. The largest absolute Gasteiger partial charge is 0.331 e. The van der Waals surface area contributed by atoms with Crippen LogP contribution in [-0.4, -0.2) is 40.9 Å². The Morgan fingerprint density at radius 2 is 1.77 bits per heavy atom. The number of hydrogen-bond donors (Lipinski definition) is 0. The van der Waals surface area contributed by atoms with Crippen molar-refractivity contribution in [1.82, 2.24) is 9.80 Å². The summed E-state index contributed by atoms with van der Waals surface area (Å²) in [6.45, 7) is 15.0. The molecule has 1 aromatic carbocycles. The molecule has 3 nitrogen and oxygen atoms in total. The van der Waals surface area contributed by atoms with Gasteiger partial charge >= 0.3 is 0 Å².